The molecule has 0 saturated heterocycles. The molecule has 6 heteroatoms. The van der Waals surface area contributed by atoms with E-state index < -0.39 is 0 Å². The molecular weight excluding hydrogens is 328 g/mol. The van der Waals surface area contributed by atoms with Crippen molar-refractivity contribution < 1.29 is 9.59 Å². The number of amides is 2. The van der Waals surface area contributed by atoms with Crippen molar-refractivity contribution in [3.63, 3.8) is 0 Å². The van der Waals surface area contributed by atoms with Gasteiger partial charge in [-0.2, -0.15) is 0 Å². The van der Waals surface area contributed by atoms with E-state index in [-0.39, 0.29) is 11.8 Å². The van der Waals surface area contributed by atoms with E-state index in [1.54, 1.807) is 18.0 Å². The Labute approximate surface area is 154 Å². The van der Waals surface area contributed by atoms with Crippen molar-refractivity contribution >= 4 is 11.8 Å². The second-order valence-electron chi connectivity index (χ2n) is 6.52. The van der Waals surface area contributed by atoms with Gasteiger partial charge in [-0.3, -0.25) is 14.6 Å². The molecule has 6 nitrogen and oxygen atoms in total. The van der Waals surface area contributed by atoms with Gasteiger partial charge in [-0.25, -0.2) is 0 Å². The molecule has 0 radical (unpaired) electrons. The Hall–Kier alpha value is -2.73. The minimum Gasteiger partial charge on any atom is -0.352 e. The van der Waals surface area contributed by atoms with Crippen LogP contribution in [0.3, 0.4) is 0 Å². The number of hydrogen-bond acceptors (Lipinski definition) is 4. The van der Waals surface area contributed by atoms with Crippen LogP contribution in [0, 0.1) is 0 Å². The van der Waals surface area contributed by atoms with Gasteiger partial charge in [0, 0.05) is 32.5 Å². The third kappa shape index (κ3) is 5.97. The Kier molecular flexibility index (Phi) is 7.29. The van der Waals surface area contributed by atoms with Crippen LogP contribution in [0.2, 0.25) is 0 Å². The van der Waals surface area contributed by atoms with Crippen LogP contribution in [-0.4, -0.2) is 60.8 Å². The van der Waals surface area contributed by atoms with Crippen LogP contribution in [0.25, 0.3) is 0 Å². The van der Waals surface area contributed by atoms with Gasteiger partial charge >= 0.3 is 0 Å². The molecule has 26 heavy (non-hydrogen) atoms. The topological polar surface area (TPSA) is 65.5 Å². The quantitative estimate of drug-likeness (QED) is 0.737. The Morgan fingerprint density at radius 1 is 1.04 bits per heavy atom. The van der Waals surface area contributed by atoms with Gasteiger partial charge in [0.05, 0.1) is 11.1 Å². The fourth-order valence-electron chi connectivity index (χ4n) is 2.53. The van der Waals surface area contributed by atoms with Gasteiger partial charge in [-0.15, -0.1) is 0 Å². The zero-order valence-corrected chi connectivity index (χ0v) is 15.6. The monoisotopic (exact) mass is 354 g/mol. The molecule has 0 aliphatic rings. The molecule has 0 unspecified atom stereocenters. The smallest absolute Gasteiger partial charge is 0.255 e. The summed E-state index contributed by atoms with van der Waals surface area (Å²) in [5.41, 5.74) is 1.85. The van der Waals surface area contributed by atoms with Crippen LogP contribution >= 0.6 is 0 Å². The molecule has 2 amide bonds. The van der Waals surface area contributed by atoms with Crippen molar-refractivity contribution in [2.45, 2.75) is 13.0 Å². The maximum absolute atomic E-state index is 12.6. The molecule has 0 fully saturated rings. The molecular formula is C20H26N4O2. The lowest BCUT2D eigenvalue weighted by molar-refractivity contribution is 0.0784. The van der Waals surface area contributed by atoms with Crippen LogP contribution in [-0.2, 0) is 6.54 Å². The maximum atomic E-state index is 12.6. The lowest BCUT2D eigenvalue weighted by Gasteiger charge is -2.17. The van der Waals surface area contributed by atoms with Crippen molar-refractivity contribution in [3.8, 4) is 0 Å². The molecule has 0 spiro atoms. The van der Waals surface area contributed by atoms with Gasteiger partial charge < -0.3 is 15.1 Å². The van der Waals surface area contributed by atoms with E-state index in [1.165, 1.54) is 12.4 Å². The van der Waals surface area contributed by atoms with Crippen molar-refractivity contribution in [2.24, 2.45) is 0 Å². The molecule has 0 bridgehead atoms. The molecule has 0 aliphatic heterocycles. The lowest BCUT2D eigenvalue weighted by Crippen LogP contribution is -2.29. The standard InChI is InChI=1S/C20H26N4O2/c1-23(2)11-7-10-22-19(25)17-12-18(14-21-13-17)20(26)24(3)15-16-8-5-4-6-9-16/h4-6,8-9,12-14H,7,10-11,15H2,1-3H3,(H,22,25). The van der Waals surface area contributed by atoms with E-state index in [4.69, 9.17) is 0 Å². The summed E-state index contributed by atoms with van der Waals surface area (Å²) in [6.07, 6.45) is 3.84. The number of carbonyl (C=O) groups is 2. The van der Waals surface area contributed by atoms with E-state index in [0.717, 1.165) is 18.5 Å². The molecule has 1 N–H and O–H groups in total. The number of nitrogens with zero attached hydrogens (tertiary/aromatic N) is 3. The van der Waals surface area contributed by atoms with E-state index >= 15 is 0 Å². The SMILES string of the molecule is CN(C)CCCNC(=O)c1cncc(C(=O)N(C)Cc2ccccc2)c1. The first-order valence-electron chi connectivity index (χ1n) is 8.64. The Morgan fingerprint density at radius 2 is 1.73 bits per heavy atom. The number of nitrogens with one attached hydrogen (secondary N) is 1. The summed E-state index contributed by atoms with van der Waals surface area (Å²) in [5, 5.41) is 2.86. The number of benzene rings is 1. The second kappa shape index (κ2) is 9.68. The number of pyridine rings is 1. The number of rotatable bonds is 8. The minimum absolute atomic E-state index is 0.163. The van der Waals surface area contributed by atoms with E-state index in [1.807, 2.05) is 44.4 Å². The Morgan fingerprint density at radius 3 is 2.42 bits per heavy atom. The first kappa shape index (κ1) is 19.6. The Bertz CT molecular complexity index is 732. The average Bonchev–Trinajstić information content (AvgIpc) is 2.65. The van der Waals surface area contributed by atoms with Crippen molar-refractivity contribution in [1.29, 1.82) is 0 Å². The van der Waals surface area contributed by atoms with Crippen molar-refractivity contribution in [2.75, 3.05) is 34.2 Å². The molecule has 0 atom stereocenters. The molecule has 1 heterocycles. The number of hydrogen-bond donors (Lipinski definition) is 1. The molecule has 2 rings (SSSR count). The van der Waals surface area contributed by atoms with Crippen LogP contribution in [0.15, 0.2) is 48.8 Å². The fourth-order valence-corrected chi connectivity index (χ4v) is 2.53. The highest BCUT2D eigenvalue weighted by Gasteiger charge is 2.15. The third-order valence-electron chi connectivity index (χ3n) is 3.92. The zero-order valence-electron chi connectivity index (χ0n) is 15.6. The highest BCUT2D eigenvalue weighted by atomic mass is 16.2. The minimum atomic E-state index is -0.211. The number of carbonyl (C=O) groups excluding carboxylic acids is 2. The summed E-state index contributed by atoms with van der Waals surface area (Å²) >= 11 is 0. The summed E-state index contributed by atoms with van der Waals surface area (Å²) in [5.74, 6) is -0.375. The maximum Gasteiger partial charge on any atom is 0.255 e. The largest absolute Gasteiger partial charge is 0.352 e. The average molecular weight is 354 g/mol. The van der Waals surface area contributed by atoms with Crippen LogP contribution in [0.5, 0.6) is 0 Å². The van der Waals surface area contributed by atoms with Gasteiger partial charge in [0.1, 0.15) is 0 Å². The van der Waals surface area contributed by atoms with Gasteiger partial charge in [0.15, 0.2) is 0 Å². The van der Waals surface area contributed by atoms with Gasteiger partial charge in [-0.1, -0.05) is 30.3 Å². The normalized spacial score (nSPS) is 10.6. The van der Waals surface area contributed by atoms with Crippen molar-refractivity contribution in [3.05, 3.63) is 65.5 Å². The predicted octanol–water partition coefficient (Wildman–Crippen LogP) is 2.04. The Balaban J connectivity index is 1.96. The summed E-state index contributed by atoms with van der Waals surface area (Å²) in [7, 11) is 5.73. The summed E-state index contributed by atoms with van der Waals surface area (Å²) < 4.78 is 0. The first-order chi connectivity index (χ1) is 12.5. The van der Waals surface area contributed by atoms with Gasteiger partial charge in [0.2, 0.25) is 0 Å². The van der Waals surface area contributed by atoms with E-state index in [2.05, 4.69) is 15.2 Å². The number of aromatic nitrogens is 1. The molecule has 0 aliphatic carbocycles. The van der Waals surface area contributed by atoms with Crippen LogP contribution in [0.1, 0.15) is 32.7 Å². The lowest BCUT2D eigenvalue weighted by atomic mass is 10.1. The van der Waals surface area contributed by atoms with Gasteiger partial charge in [-0.05, 0) is 38.7 Å². The van der Waals surface area contributed by atoms with Crippen LogP contribution < -0.4 is 5.32 Å². The highest BCUT2D eigenvalue weighted by Crippen LogP contribution is 2.09. The zero-order chi connectivity index (χ0) is 18.9. The molecule has 2 aromatic rings. The molecule has 138 valence electrons. The van der Waals surface area contributed by atoms with E-state index in [0.29, 0.717) is 24.2 Å². The third-order valence-corrected chi connectivity index (χ3v) is 3.92. The highest BCUT2D eigenvalue weighted by molar-refractivity contribution is 5.99. The second-order valence-corrected chi connectivity index (χ2v) is 6.52. The van der Waals surface area contributed by atoms with E-state index in [9.17, 15) is 9.59 Å². The predicted molar refractivity (Wildman–Crippen MR) is 102 cm³/mol. The molecule has 1 aromatic carbocycles. The molecule has 0 saturated carbocycles. The first-order valence-corrected chi connectivity index (χ1v) is 8.64. The molecule has 1 aromatic heterocycles. The summed E-state index contributed by atoms with van der Waals surface area (Å²) in [6.45, 7) is 1.99. The summed E-state index contributed by atoms with van der Waals surface area (Å²) in [6, 6.07) is 11.4. The van der Waals surface area contributed by atoms with Crippen molar-refractivity contribution in [1.82, 2.24) is 20.1 Å². The van der Waals surface area contributed by atoms with Gasteiger partial charge in [0.25, 0.3) is 11.8 Å². The fraction of sp³-hybridized carbons (Fsp3) is 0.350. The summed E-state index contributed by atoms with van der Waals surface area (Å²) in [4.78, 5) is 32.6. The van der Waals surface area contributed by atoms with Crippen LogP contribution in [0.4, 0.5) is 0 Å².